The van der Waals surface area contributed by atoms with Gasteiger partial charge < -0.3 is 4.42 Å². The molecule has 1 heterocycles. The minimum absolute atomic E-state index is 0.342. The predicted molar refractivity (Wildman–Crippen MR) is 129 cm³/mol. The van der Waals surface area contributed by atoms with E-state index in [0.29, 0.717) is 17.4 Å². The first-order chi connectivity index (χ1) is 15.8. The zero-order valence-corrected chi connectivity index (χ0v) is 17.9. The second-order valence-electron chi connectivity index (χ2n) is 8.00. The van der Waals surface area contributed by atoms with Gasteiger partial charge in [0.05, 0.1) is 0 Å². The maximum atomic E-state index is 11.7. The van der Waals surface area contributed by atoms with Crippen molar-refractivity contribution in [2.24, 2.45) is 5.92 Å². The highest BCUT2D eigenvalue weighted by Crippen LogP contribution is 2.40. The lowest BCUT2D eigenvalue weighted by Crippen LogP contribution is -2.01. The molecule has 0 amide bonds. The maximum absolute atomic E-state index is 11.7. The average Bonchev–Trinajstić information content (AvgIpc) is 3.30. The van der Waals surface area contributed by atoms with Crippen molar-refractivity contribution in [2.45, 2.75) is 13.3 Å². The highest BCUT2D eigenvalue weighted by atomic mass is 16.4. The van der Waals surface area contributed by atoms with E-state index in [1.807, 2.05) is 66.7 Å². The molecule has 0 saturated heterocycles. The summed E-state index contributed by atoms with van der Waals surface area (Å²) >= 11 is 0. The van der Waals surface area contributed by atoms with Gasteiger partial charge in [-0.1, -0.05) is 97.9 Å². The van der Waals surface area contributed by atoms with Crippen LogP contribution in [0.4, 0.5) is 0 Å². The number of hydrogen-bond donors (Lipinski definition) is 0. The standard InChI is InChI=1S/C29H23NO2/c1-20-11-5-7-15-23(20)28-27(21-12-3-2-4-13-21)30-29(32-28)26-18-10-9-17-25(26)24-16-8-6-14-22(24)19-31/h2-10,12-20H,11H2,1H3. The Kier molecular flexibility index (Phi) is 5.39. The highest BCUT2D eigenvalue weighted by molar-refractivity contribution is 5.92. The second-order valence-corrected chi connectivity index (χ2v) is 8.00. The lowest BCUT2D eigenvalue weighted by molar-refractivity contribution is 0.112. The second kappa shape index (κ2) is 8.64. The molecule has 0 saturated carbocycles. The molecule has 5 rings (SSSR count). The van der Waals surface area contributed by atoms with Crippen molar-refractivity contribution in [3.63, 3.8) is 0 Å². The number of benzene rings is 3. The van der Waals surface area contributed by atoms with Crippen LogP contribution in [0.1, 0.15) is 29.5 Å². The van der Waals surface area contributed by atoms with Crippen LogP contribution in [-0.2, 0) is 0 Å². The number of rotatable bonds is 5. The minimum Gasteiger partial charge on any atom is -0.436 e. The normalized spacial score (nSPS) is 15.4. The third kappa shape index (κ3) is 3.63. The van der Waals surface area contributed by atoms with E-state index in [2.05, 4.69) is 37.3 Å². The van der Waals surface area contributed by atoms with Crippen LogP contribution in [0.25, 0.3) is 39.4 Å². The molecule has 1 aliphatic rings. The SMILES string of the molecule is CC1CC=CC=C1c1oc(-c2ccccc2-c2ccccc2C=O)nc1-c1ccccc1. The van der Waals surface area contributed by atoms with E-state index in [1.54, 1.807) is 0 Å². The van der Waals surface area contributed by atoms with Gasteiger partial charge in [0.2, 0.25) is 5.89 Å². The smallest absolute Gasteiger partial charge is 0.227 e. The van der Waals surface area contributed by atoms with Gasteiger partial charge in [-0.2, -0.15) is 0 Å². The van der Waals surface area contributed by atoms with Gasteiger partial charge in [0.1, 0.15) is 5.69 Å². The zero-order valence-electron chi connectivity index (χ0n) is 17.9. The first kappa shape index (κ1) is 20.0. The van der Waals surface area contributed by atoms with Crippen LogP contribution < -0.4 is 0 Å². The van der Waals surface area contributed by atoms with Gasteiger partial charge in [-0.3, -0.25) is 4.79 Å². The van der Waals surface area contributed by atoms with E-state index >= 15 is 0 Å². The number of aldehydes is 1. The Morgan fingerprint density at radius 2 is 1.56 bits per heavy atom. The van der Waals surface area contributed by atoms with Crippen LogP contribution in [0.2, 0.25) is 0 Å². The Labute approximate surface area is 187 Å². The van der Waals surface area contributed by atoms with Crippen LogP contribution in [0.5, 0.6) is 0 Å². The highest BCUT2D eigenvalue weighted by Gasteiger charge is 2.24. The minimum atomic E-state index is 0.342. The van der Waals surface area contributed by atoms with Crippen molar-refractivity contribution in [3.8, 4) is 33.8 Å². The van der Waals surface area contributed by atoms with Crippen molar-refractivity contribution >= 4 is 11.9 Å². The van der Waals surface area contributed by atoms with Gasteiger partial charge >= 0.3 is 0 Å². The quantitative estimate of drug-likeness (QED) is 0.316. The molecule has 0 bridgehead atoms. The van der Waals surface area contributed by atoms with Gasteiger partial charge in [0.15, 0.2) is 12.0 Å². The van der Waals surface area contributed by atoms with E-state index in [-0.39, 0.29) is 0 Å². The van der Waals surface area contributed by atoms with Gasteiger partial charge in [0.25, 0.3) is 0 Å². The average molecular weight is 418 g/mol. The molecule has 3 aromatic carbocycles. The topological polar surface area (TPSA) is 43.1 Å². The van der Waals surface area contributed by atoms with E-state index in [9.17, 15) is 4.79 Å². The first-order valence-electron chi connectivity index (χ1n) is 10.8. The summed E-state index contributed by atoms with van der Waals surface area (Å²) in [5.74, 6) is 1.70. The molecule has 0 spiro atoms. The van der Waals surface area contributed by atoms with Crippen molar-refractivity contribution in [1.82, 2.24) is 4.98 Å². The Bertz CT molecular complexity index is 1330. The summed E-state index contributed by atoms with van der Waals surface area (Å²) in [6.07, 6.45) is 8.25. The Balaban J connectivity index is 1.72. The number of aromatic nitrogens is 1. The van der Waals surface area contributed by atoms with Gasteiger partial charge in [-0.05, 0) is 29.5 Å². The fraction of sp³-hybridized carbons (Fsp3) is 0.103. The molecular formula is C29H23NO2. The molecule has 1 unspecified atom stereocenters. The fourth-order valence-electron chi connectivity index (χ4n) is 4.22. The molecule has 1 atom stereocenters. The number of allylic oxidation sites excluding steroid dienone is 4. The van der Waals surface area contributed by atoms with Gasteiger partial charge in [-0.25, -0.2) is 4.98 Å². The van der Waals surface area contributed by atoms with Crippen LogP contribution in [-0.4, -0.2) is 11.3 Å². The molecule has 3 nitrogen and oxygen atoms in total. The summed E-state index contributed by atoms with van der Waals surface area (Å²) in [6, 6.07) is 25.7. The monoisotopic (exact) mass is 417 g/mol. The van der Waals surface area contributed by atoms with E-state index in [0.717, 1.165) is 52.0 Å². The van der Waals surface area contributed by atoms with E-state index < -0.39 is 0 Å². The van der Waals surface area contributed by atoms with E-state index in [4.69, 9.17) is 9.40 Å². The lowest BCUT2D eigenvalue weighted by atomic mass is 9.90. The third-order valence-corrected chi connectivity index (χ3v) is 5.90. The summed E-state index contributed by atoms with van der Waals surface area (Å²) in [6.45, 7) is 2.21. The fourth-order valence-corrected chi connectivity index (χ4v) is 4.22. The predicted octanol–water partition coefficient (Wildman–Crippen LogP) is 7.47. The van der Waals surface area contributed by atoms with E-state index in [1.165, 1.54) is 0 Å². The van der Waals surface area contributed by atoms with Crippen LogP contribution in [0.15, 0.2) is 102 Å². The number of carbonyl (C=O) groups excluding carboxylic acids is 1. The van der Waals surface area contributed by atoms with Crippen molar-refractivity contribution in [3.05, 3.63) is 108 Å². The van der Waals surface area contributed by atoms with Crippen LogP contribution >= 0.6 is 0 Å². The zero-order chi connectivity index (χ0) is 21.9. The maximum Gasteiger partial charge on any atom is 0.227 e. The largest absolute Gasteiger partial charge is 0.436 e. The summed E-state index contributed by atoms with van der Waals surface area (Å²) in [7, 11) is 0. The molecule has 156 valence electrons. The van der Waals surface area contributed by atoms with Crippen molar-refractivity contribution in [2.75, 3.05) is 0 Å². The summed E-state index contributed by atoms with van der Waals surface area (Å²) in [5, 5.41) is 0. The molecule has 4 aromatic rings. The summed E-state index contributed by atoms with van der Waals surface area (Å²) in [4.78, 5) is 16.7. The number of hydrogen-bond acceptors (Lipinski definition) is 3. The number of carbonyl (C=O) groups is 1. The van der Waals surface area contributed by atoms with Crippen LogP contribution in [0, 0.1) is 5.92 Å². The summed E-state index contributed by atoms with van der Waals surface area (Å²) in [5.41, 5.74) is 6.31. The molecule has 1 aromatic heterocycles. The number of oxazole rings is 1. The molecule has 0 N–H and O–H groups in total. The van der Waals surface area contributed by atoms with Crippen LogP contribution in [0.3, 0.4) is 0 Å². The molecule has 0 fully saturated rings. The molecule has 0 radical (unpaired) electrons. The number of nitrogens with zero attached hydrogens (tertiary/aromatic N) is 1. The molecule has 0 aliphatic heterocycles. The first-order valence-corrected chi connectivity index (χ1v) is 10.8. The summed E-state index contributed by atoms with van der Waals surface area (Å²) < 4.78 is 6.50. The Morgan fingerprint density at radius 1 is 0.875 bits per heavy atom. The lowest BCUT2D eigenvalue weighted by Gasteiger charge is -2.16. The Morgan fingerprint density at radius 3 is 2.31 bits per heavy atom. The molecule has 32 heavy (non-hydrogen) atoms. The van der Waals surface area contributed by atoms with Crippen molar-refractivity contribution < 1.29 is 9.21 Å². The van der Waals surface area contributed by atoms with Gasteiger partial charge in [-0.15, -0.1) is 0 Å². The molecule has 1 aliphatic carbocycles. The van der Waals surface area contributed by atoms with Crippen molar-refractivity contribution in [1.29, 1.82) is 0 Å². The molecular weight excluding hydrogens is 394 g/mol. The molecule has 3 heteroatoms. The Hall–Kier alpha value is -3.98. The third-order valence-electron chi connectivity index (χ3n) is 5.90. The van der Waals surface area contributed by atoms with Gasteiger partial charge in [0, 0.05) is 22.3 Å².